The zero-order valence-electron chi connectivity index (χ0n) is 29.2. The lowest BCUT2D eigenvalue weighted by atomic mass is 9.79. The van der Waals surface area contributed by atoms with Crippen molar-refractivity contribution in [1.29, 1.82) is 5.26 Å². The number of aryl methyl sites for hydroxylation is 1. The molecule has 2 aromatic heterocycles. The fourth-order valence-electron chi connectivity index (χ4n) is 8.98. The number of pyridine rings is 1. The average Bonchev–Trinajstić information content (AvgIpc) is 3.84. The van der Waals surface area contributed by atoms with Crippen molar-refractivity contribution in [3.05, 3.63) is 71.4 Å². The molecule has 9 nitrogen and oxygen atoms in total. The summed E-state index contributed by atoms with van der Waals surface area (Å²) >= 11 is 0. The maximum absolute atomic E-state index is 17.7. The van der Waals surface area contributed by atoms with E-state index in [1.54, 1.807) is 6.07 Å². The largest absolute Gasteiger partial charge is 0.370 e. The highest BCUT2D eigenvalue weighted by atomic mass is 19.1. The molecule has 6 heterocycles. The van der Waals surface area contributed by atoms with E-state index in [0.29, 0.717) is 59.5 Å². The van der Waals surface area contributed by atoms with Gasteiger partial charge in [0.25, 0.3) is 0 Å². The van der Waals surface area contributed by atoms with Crippen LogP contribution < -0.4 is 10.2 Å². The van der Waals surface area contributed by atoms with Crippen molar-refractivity contribution in [1.82, 2.24) is 24.7 Å². The Labute approximate surface area is 295 Å². The van der Waals surface area contributed by atoms with E-state index in [2.05, 4.69) is 52.8 Å². The predicted octanol–water partition coefficient (Wildman–Crippen LogP) is 5.78. The number of halogens is 2. The van der Waals surface area contributed by atoms with Gasteiger partial charge in [0.1, 0.15) is 23.8 Å². The second-order valence-corrected chi connectivity index (χ2v) is 15.3. The SMILES string of the molecule is CN(C)C1(C)CN(c2nc3c(F)c(-c4cccc5ccc(F)cc45)c(CCC#N)cc3c3c2cc(CN2CCOCC2=O)n3[C@@H]2[C@@H]3CN[C@H]2C3)C1. The topological polar surface area (TPSA) is 89.7 Å². The van der Waals surface area contributed by atoms with E-state index in [9.17, 15) is 14.4 Å². The number of amides is 1. The number of morpholine rings is 1. The number of hydrogen-bond donors (Lipinski definition) is 1. The van der Waals surface area contributed by atoms with Crippen LogP contribution in [0.25, 0.3) is 43.7 Å². The molecule has 1 aliphatic carbocycles. The normalized spacial score (nSPS) is 22.6. The molecule has 5 aliphatic rings. The number of carbonyl (C=O) groups is 1. The molecule has 0 unspecified atom stereocenters. The molecule has 10 rings (SSSR count). The molecule has 3 aromatic carbocycles. The number of rotatable bonds is 8. The molecule has 51 heavy (non-hydrogen) atoms. The first kappa shape index (κ1) is 32.3. The second-order valence-electron chi connectivity index (χ2n) is 15.3. The first-order valence-corrected chi connectivity index (χ1v) is 17.9. The van der Waals surface area contributed by atoms with Crippen LogP contribution in [0.3, 0.4) is 0 Å². The smallest absolute Gasteiger partial charge is 0.248 e. The summed E-state index contributed by atoms with van der Waals surface area (Å²) in [6.07, 6.45) is 1.60. The fourth-order valence-corrected chi connectivity index (χ4v) is 8.98. The Balaban J connectivity index is 1.34. The van der Waals surface area contributed by atoms with E-state index in [0.717, 1.165) is 53.9 Å². The number of anilines is 1. The molecule has 0 radical (unpaired) electrons. The van der Waals surface area contributed by atoms with Gasteiger partial charge in [-0.3, -0.25) is 4.79 Å². The lowest BCUT2D eigenvalue weighted by molar-refractivity contribution is -0.143. The summed E-state index contributed by atoms with van der Waals surface area (Å²) in [6.45, 7) is 6.08. The zero-order valence-corrected chi connectivity index (χ0v) is 29.2. The molecule has 2 bridgehead atoms. The Morgan fingerprint density at radius 2 is 1.96 bits per heavy atom. The van der Waals surface area contributed by atoms with Crippen molar-refractivity contribution in [2.45, 2.75) is 50.4 Å². The molecule has 1 N–H and O–H groups in total. The highest BCUT2D eigenvalue weighted by Crippen LogP contribution is 2.50. The standard InChI is InChI=1S/C40H41F2N7O2/c1-40(46(2)3)21-48(22-40)39-31-17-27(19-47-12-13-51-20-33(47)50)49(37-25-15-32(37)44-18-25)38(31)30-14-24(7-5-11-43)34(35(42)36(30)45-39)28-8-4-6-23-9-10-26(41)16-29(23)28/h4,6,8-10,14,16-17,25,32,37,44H,5,7,12-13,15,18-22H2,1-3H3/t25-,32-,37+/m0/s1. The van der Waals surface area contributed by atoms with Crippen molar-refractivity contribution in [3.63, 3.8) is 0 Å². The quantitative estimate of drug-likeness (QED) is 0.221. The Morgan fingerprint density at radius 1 is 1.12 bits per heavy atom. The number of hydrogen-bond acceptors (Lipinski definition) is 7. The highest BCUT2D eigenvalue weighted by molar-refractivity contribution is 6.12. The number of ether oxygens (including phenoxy) is 1. The summed E-state index contributed by atoms with van der Waals surface area (Å²) in [6, 6.07) is 17.1. The van der Waals surface area contributed by atoms with Crippen molar-refractivity contribution in [3.8, 4) is 17.2 Å². The van der Waals surface area contributed by atoms with Gasteiger partial charge in [-0.1, -0.05) is 24.3 Å². The maximum atomic E-state index is 17.7. The van der Waals surface area contributed by atoms with Crippen LogP contribution >= 0.6 is 0 Å². The molecule has 11 heteroatoms. The fraction of sp³-hybridized carbons (Fsp3) is 0.425. The van der Waals surface area contributed by atoms with Crippen molar-refractivity contribution >= 4 is 44.3 Å². The third kappa shape index (κ3) is 5.02. The maximum Gasteiger partial charge on any atom is 0.248 e. The Bertz CT molecular complexity index is 2270. The van der Waals surface area contributed by atoms with Gasteiger partial charge in [-0.25, -0.2) is 13.8 Å². The molecule has 0 spiro atoms. The van der Waals surface area contributed by atoms with Gasteiger partial charge < -0.3 is 29.3 Å². The van der Waals surface area contributed by atoms with Crippen LogP contribution in [-0.2, 0) is 22.5 Å². The first-order valence-electron chi connectivity index (χ1n) is 17.9. The number of aromatic nitrogens is 2. The highest BCUT2D eigenvalue weighted by Gasteiger charge is 2.49. The van der Waals surface area contributed by atoms with Crippen molar-refractivity contribution in [2.75, 3.05) is 58.4 Å². The number of carbonyl (C=O) groups excluding carboxylic acids is 1. The van der Waals surface area contributed by atoms with E-state index in [1.807, 2.05) is 29.2 Å². The predicted molar refractivity (Wildman–Crippen MR) is 194 cm³/mol. The number of nitrogens with zero attached hydrogens (tertiary/aromatic N) is 6. The summed E-state index contributed by atoms with van der Waals surface area (Å²) in [5.41, 5.74) is 3.73. The van der Waals surface area contributed by atoms with Crippen molar-refractivity contribution < 1.29 is 18.3 Å². The van der Waals surface area contributed by atoms with Crippen LogP contribution in [0.5, 0.6) is 0 Å². The lowest BCUT2D eigenvalue weighted by Gasteiger charge is -2.52. The number of fused-ring (bicyclic) bond motifs is 5. The molecule has 5 fully saturated rings. The third-order valence-electron chi connectivity index (χ3n) is 12.0. The average molecular weight is 690 g/mol. The van der Waals surface area contributed by atoms with Gasteiger partial charge in [0.2, 0.25) is 5.91 Å². The molecule has 1 amide bonds. The Hall–Kier alpha value is -4.63. The molecule has 1 saturated carbocycles. The minimum atomic E-state index is -0.469. The van der Waals surface area contributed by atoms with Crippen LogP contribution in [0.2, 0.25) is 0 Å². The summed E-state index contributed by atoms with van der Waals surface area (Å²) in [5.74, 6) is 0.241. The van der Waals surface area contributed by atoms with E-state index in [1.165, 1.54) is 12.1 Å². The first-order chi connectivity index (χ1) is 24.6. The lowest BCUT2D eigenvalue weighted by Crippen LogP contribution is -2.67. The Morgan fingerprint density at radius 3 is 2.69 bits per heavy atom. The molecular weight excluding hydrogens is 648 g/mol. The van der Waals surface area contributed by atoms with Gasteiger partial charge in [-0.05, 0) is 85.9 Å². The molecule has 4 saturated heterocycles. The number of benzene rings is 3. The van der Waals surface area contributed by atoms with E-state index in [-0.39, 0.29) is 42.1 Å². The van der Waals surface area contributed by atoms with E-state index >= 15 is 4.39 Å². The minimum Gasteiger partial charge on any atom is -0.370 e. The van der Waals surface area contributed by atoms with Gasteiger partial charge >= 0.3 is 0 Å². The van der Waals surface area contributed by atoms with Crippen LogP contribution in [-0.4, -0.2) is 90.3 Å². The number of likely N-dealkylation sites (N-methyl/N-ethyl adjacent to an activating group) is 1. The van der Waals surface area contributed by atoms with Crippen molar-refractivity contribution in [2.24, 2.45) is 5.92 Å². The van der Waals surface area contributed by atoms with Crippen LogP contribution in [0.4, 0.5) is 14.6 Å². The van der Waals surface area contributed by atoms with Gasteiger partial charge in [-0.2, -0.15) is 5.26 Å². The minimum absolute atomic E-state index is 0.0403. The molecule has 4 aliphatic heterocycles. The third-order valence-corrected chi connectivity index (χ3v) is 12.0. The molecule has 262 valence electrons. The van der Waals surface area contributed by atoms with Gasteiger partial charge in [-0.15, -0.1) is 0 Å². The zero-order chi connectivity index (χ0) is 35.2. The summed E-state index contributed by atoms with van der Waals surface area (Å²) in [4.78, 5) is 24.5. The second kappa shape index (κ2) is 12.0. The van der Waals surface area contributed by atoms with Crippen LogP contribution in [0.1, 0.15) is 37.1 Å². The van der Waals surface area contributed by atoms with Crippen LogP contribution in [0, 0.1) is 28.9 Å². The monoisotopic (exact) mass is 689 g/mol. The van der Waals surface area contributed by atoms with Crippen LogP contribution in [0.15, 0.2) is 48.5 Å². The summed E-state index contributed by atoms with van der Waals surface area (Å²) in [7, 11) is 4.16. The summed E-state index contributed by atoms with van der Waals surface area (Å²) in [5, 5.41) is 16.4. The Kier molecular flexibility index (Phi) is 7.58. The molecular formula is C40H41F2N7O2. The molecule has 3 atom stereocenters. The number of nitrogens with one attached hydrogen (secondary N) is 1. The van der Waals surface area contributed by atoms with Gasteiger partial charge in [0.05, 0.1) is 36.3 Å². The van der Waals surface area contributed by atoms with E-state index < -0.39 is 11.6 Å². The molecule has 5 aromatic rings. The summed E-state index contributed by atoms with van der Waals surface area (Å²) < 4.78 is 40.3. The van der Waals surface area contributed by atoms with Gasteiger partial charge in [0, 0.05) is 60.7 Å². The number of nitriles is 1. The van der Waals surface area contributed by atoms with E-state index in [4.69, 9.17) is 9.72 Å². The van der Waals surface area contributed by atoms with Gasteiger partial charge in [0.15, 0.2) is 5.82 Å².